The predicted octanol–water partition coefficient (Wildman–Crippen LogP) is 4.88. The molecule has 2 aromatic carbocycles. The Balaban J connectivity index is 1.11. The molecule has 206 valence electrons. The third-order valence-corrected chi connectivity index (χ3v) is 8.56. The predicted molar refractivity (Wildman–Crippen MR) is 158 cm³/mol. The first-order valence-corrected chi connectivity index (χ1v) is 14.5. The van der Waals surface area contributed by atoms with E-state index in [0.29, 0.717) is 6.61 Å². The summed E-state index contributed by atoms with van der Waals surface area (Å²) in [7, 11) is 2.23. The van der Waals surface area contributed by atoms with Crippen LogP contribution < -0.4 is 15.3 Å². The highest BCUT2D eigenvalue weighted by atomic mass is 16.7. The second-order valence-corrected chi connectivity index (χ2v) is 11.0. The minimum atomic E-state index is 0.153. The second-order valence-electron chi connectivity index (χ2n) is 11.0. The highest BCUT2D eigenvalue weighted by Gasteiger charge is 2.29. The van der Waals surface area contributed by atoms with Gasteiger partial charge < -0.3 is 15.1 Å². The van der Waals surface area contributed by atoms with Crippen LogP contribution >= 0.6 is 0 Å². The molecule has 8 heteroatoms. The number of aryl methyl sites for hydroxylation is 1. The van der Waals surface area contributed by atoms with Gasteiger partial charge in [-0.1, -0.05) is 37.3 Å². The molecule has 0 spiro atoms. The van der Waals surface area contributed by atoms with E-state index in [9.17, 15) is 0 Å². The summed E-state index contributed by atoms with van der Waals surface area (Å²) in [6.07, 6.45) is 6.04. The molecule has 1 atom stereocenters. The van der Waals surface area contributed by atoms with Crippen molar-refractivity contribution in [2.45, 2.75) is 44.7 Å². The van der Waals surface area contributed by atoms with Gasteiger partial charge in [0, 0.05) is 69.2 Å². The summed E-state index contributed by atoms with van der Waals surface area (Å²) in [5, 5.41) is 5.44. The molecule has 39 heavy (non-hydrogen) atoms. The number of hydrogen-bond donors (Lipinski definition) is 1. The maximum Gasteiger partial charge on any atom is 0.158 e. The van der Waals surface area contributed by atoms with Gasteiger partial charge in [0.1, 0.15) is 12.1 Å². The van der Waals surface area contributed by atoms with Gasteiger partial charge in [-0.2, -0.15) is 0 Å². The fourth-order valence-corrected chi connectivity index (χ4v) is 6.27. The number of hydrogen-bond acceptors (Lipinski definition) is 8. The van der Waals surface area contributed by atoms with Gasteiger partial charge >= 0.3 is 0 Å². The standard InChI is InChI=1S/C31H41N7O/c1-3-24-21-26(9-10-28(24)37-14-11-27(12-15-37)36-18-16-35(2)17-19-36)34-30-22-31(33-23-32-30)38-29(13-20-39-38)25-7-5-4-6-8-25/h4-10,21-23,27,29H,3,11-20H2,1-2H3,(H,32,33,34). The number of likely N-dealkylation sites (N-methyl/N-ethyl adjacent to an activating group) is 1. The smallest absolute Gasteiger partial charge is 0.158 e. The number of anilines is 4. The fourth-order valence-electron chi connectivity index (χ4n) is 6.27. The SMILES string of the molecule is CCc1cc(Nc2cc(N3OCCC3c3ccccc3)ncn2)ccc1N1CCC(N2CCN(C)CC2)CC1. The number of piperidine rings is 1. The summed E-state index contributed by atoms with van der Waals surface area (Å²) in [4.78, 5) is 22.8. The number of aromatic nitrogens is 2. The van der Waals surface area contributed by atoms with Crippen LogP contribution in [0.4, 0.5) is 23.0 Å². The van der Waals surface area contributed by atoms with Gasteiger partial charge in [-0.25, -0.2) is 15.0 Å². The van der Waals surface area contributed by atoms with Crippen molar-refractivity contribution in [1.29, 1.82) is 0 Å². The maximum atomic E-state index is 5.99. The van der Waals surface area contributed by atoms with E-state index >= 15 is 0 Å². The van der Waals surface area contributed by atoms with E-state index < -0.39 is 0 Å². The van der Waals surface area contributed by atoms with Crippen LogP contribution in [-0.4, -0.2) is 78.7 Å². The third-order valence-electron chi connectivity index (χ3n) is 8.56. The van der Waals surface area contributed by atoms with Crippen molar-refractivity contribution in [1.82, 2.24) is 19.8 Å². The number of benzene rings is 2. The Morgan fingerprint density at radius 1 is 0.897 bits per heavy atom. The van der Waals surface area contributed by atoms with Gasteiger partial charge in [0.2, 0.25) is 0 Å². The summed E-state index contributed by atoms with van der Waals surface area (Å²) in [5.41, 5.74) is 5.03. The van der Waals surface area contributed by atoms with E-state index in [0.717, 1.165) is 49.3 Å². The lowest BCUT2D eigenvalue weighted by Gasteiger charge is -2.43. The Labute approximate surface area is 232 Å². The first kappa shape index (κ1) is 26.0. The zero-order chi connectivity index (χ0) is 26.6. The molecule has 6 rings (SSSR count). The van der Waals surface area contributed by atoms with E-state index in [1.165, 1.54) is 55.8 Å². The average Bonchev–Trinajstić information content (AvgIpc) is 3.49. The van der Waals surface area contributed by atoms with Gasteiger partial charge in [0.15, 0.2) is 5.82 Å². The summed E-state index contributed by atoms with van der Waals surface area (Å²) < 4.78 is 0. The van der Waals surface area contributed by atoms with Crippen LogP contribution in [0.5, 0.6) is 0 Å². The third kappa shape index (κ3) is 5.88. The van der Waals surface area contributed by atoms with Crippen LogP contribution in [0, 0.1) is 0 Å². The molecule has 0 saturated carbocycles. The molecule has 3 fully saturated rings. The zero-order valence-electron chi connectivity index (χ0n) is 23.3. The molecule has 4 heterocycles. The van der Waals surface area contributed by atoms with Crippen molar-refractivity contribution >= 4 is 23.0 Å². The molecule has 1 aromatic heterocycles. The average molecular weight is 528 g/mol. The van der Waals surface area contributed by atoms with Crippen LogP contribution in [0.3, 0.4) is 0 Å². The van der Waals surface area contributed by atoms with Crippen LogP contribution in [-0.2, 0) is 11.3 Å². The van der Waals surface area contributed by atoms with E-state index in [2.05, 4.69) is 86.4 Å². The molecule has 0 aliphatic carbocycles. The van der Waals surface area contributed by atoms with E-state index in [4.69, 9.17) is 4.84 Å². The molecular formula is C31H41N7O. The van der Waals surface area contributed by atoms with Crippen molar-refractivity contribution in [3.05, 3.63) is 72.1 Å². The lowest BCUT2D eigenvalue weighted by molar-refractivity contribution is 0.0982. The van der Waals surface area contributed by atoms with E-state index in [-0.39, 0.29) is 6.04 Å². The van der Waals surface area contributed by atoms with Crippen LogP contribution in [0.2, 0.25) is 0 Å². The molecular weight excluding hydrogens is 486 g/mol. The molecule has 1 unspecified atom stereocenters. The largest absolute Gasteiger partial charge is 0.371 e. The molecule has 3 aromatic rings. The topological polar surface area (TPSA) is 60.0 Å². The lowest BCUT2D eigenvalue weighted by atomic mass is 10.00. The number of nitrogens with zero attached hydrogens (tertiary/aromatic N) is 6. The monoisotopic (exact) mass is 527 g/mol. The lowest BCUT2D eigenvalue weighted by Crippen LogP contribution is -2.52. The second kappa shape index (κ2) is 11.9. The van der Waals surface area contributed by atoms with Crippen molar-refractivity contribution in [3.8, 4) is 0 Å². The van der Waals surface area contributed by atoms with Crippen molar-refractivity contribution in [2.75, 3.05) is 68.2 Å². The van der Waals surface area contributed by atoms with Gasteiger partial charge in [-0.3, -0.25) is 9.74 Å². The Morgan fingerprint density at radius 3 is 2.46 bits per heavy atom. The minimum absolute atomic E-state index is 0.153. The molecule has 3 aliphatic rings. The summed E-state index contributed by atoms with van der Waals surface area (Å²) in [6.45, 7) is 10.0. The summed E-state index contributed by atoms with van der Waals surface area (Å²) in [6, 6.07) is 20.1. The minimum Gasteiger partial charge on any atom is -0.371 e. The Hall–Kier alpha value is -3.20. The quantitative estimate of drug-likeness (QED) is 0.467. The normalized spacial score (nSPS) is 21.4. The summed E-state index contributed by atoms with van der Waals surface area (Å²) in [5.74, 6) is 1.54. The van der Waals surface area contributed by atoms with Crippen LogP contribution in [0.15, 0.2) is 60.9 Å². The van der Waals surface area contributed by atoms with Crippen LogP contribution in [0.25, 0.3) is 0 Å². The Morgan fingerprint density at radius 2 is 1.69 bits per heavy atom. The number of hydroxylamine groups is 1. The Bertz CT molecular complexity index is 1220. The van der Waals surface area contributed by atoms with Crippen molar-refractivity contribution in [2.24, 2.45) is 0 Å². The number of rotatable bonds is 7. The molecule has 8 nitrogen and oxygen atoms in total. The first-order chi connectivity index (χ1) is 19.2. The number of nitrogens with one attached hydrogen (secondary N) is 1. The Kier molecular flexibility index (Phi) is 7.95. The van der Waals surface area contributed by atoms with Crippen molar-refractivity contribution < 1.29 is 4.84 Å². The van der Waals surface area contributed by atoms with E-state index in [1.54, 1.807) is 6.33 Å². The molecule has 1 N–H and O–H groups in total. The fraction of sp³-hybridized carbons (Fsp3) is 0.484. The highest BCUT2D eigenvalue weighted by Crippen LogP contribution is 2.35. The van der Waals surface area contributed by atoms with Crippen LogP contribution in [0.1, 0.15) is 43.4 Å². The molecule has 3 aliphatic heterocycles. The van der Waals surface area contributed by atoms with Gasteiger partial charge in [0.25, 0.3) is 0 Å². The highest BCUT2D eigenvalue weighted by molar-refractivity contribution is 5.66. The van der Waals surface area contributed by atoms with Gasteiger partial charge in [-0.05, 0) is 55.6 Å². The molecule has 0 amide bonds. The molecule has 3 saturated heterocycles. The first-order valence-electron chi connectivity index (χ1n) is 14.5. The molecule has 0 bridgehead atoms. The van der Waals surface area contributed by atoms with E-state index in [1.807, 2.05) is 17.2 Å². The number of piperazine rings is 1. The van der Waals surface area contributed by atoms with Crippen molar-refractivity contribution in [3.63, 3.8) is 0 Å². The maximum absolute atomic E-state index is 5.99. The van der Waals surface area contributed by atoms with Gasteiger partial charge in [-0.15, -0.1) is 0 Å². The zero-order valence-corrected chi connectivity index (χ0v) is 23.3. The summed E-state index contributed by atoms with van der Waals surface area (Å²) >= 11 is 0. The molecule has 0 radical (unpaired) electrons. The van der Waals surface area contributed by atoms with Gasteiger partial charge in [0.05, 0.1) is 12.6 Å².